The summed E-state index contributed by atoms with van der Waals surface area (Å²) in [6.07, 6.45) is 0. The first kappa shape index (κ1) is 17.8. The number of phenols is 1. The third-order valence-corrected chi connectivity index (χ3v) is 5.94. The molecule has 140 valence electrons. The molecule has 1 amide bonds. The van der Waals surface area contributed by atoms with E-state index in [-0.39, 0.29) is 17.7 Å². The summed E-state index contributed by atoms with van der Waals surface area (Å²) in [6.45, 7) is 3.43. The third-order valence-electron chi connectivity index (χ3n) is 4.86. The van der Waals surface area contributed by atoms with Gasteiger partial charge in [0.1, 0.15) is 11.6 Å². The Morgan fingerprint density at radius 1 is 1.37 bits per heavy atom. The molecule has 7 heteroatoms. The lowest BCUT2D eigenvalue weighted by atomic mass is 10.1. The fourth-order valence-electron chi connectivity index (χ4n) is 3.34. The Hall–Kier alpha value is -2.64. The number of ether oxygens (including phenoxy) is 1. The maximum absolute atomic E-state index is 12.0. The molecule has 2 N–H and O–H groups in total. The number of benzene rings is 2. The number of phenolic OH excluding ortho intramolecular Hbond substituents is 1. The van der Waals surface area contributed by atoms with Gasteiger partial charge in [-0.2, -0.15) is 0 Å². The molecule has 0 spiro atoms. The predicted molar refractivity (Wildman–Crippen MR) is 106 cm³/mol. The molecule has 6 nitrogen and oxygen atoms in total. The predicted octanol–water partition coefficient (Wildman–Crippen LogP) is 3.00. The molecule has 1 atom stereocenters. The van der Waals surface area contributed by atoms with E-state index in [9.17, 15) is 9.90 Å². The highest BCUT2D eigenvalue weighted by molar-refractivity contribution is 7.21. The number of thiazole rings is 1. The van der Waals surface area contributed by atoms with E-state index in [2.05, 4.69) is 10.3 Å². The number of carbonyl (C=O) groups is 1. The molecule has 1 aromatic heterocycles. The SMILES string of the molecule is CNC(=O)[C@@H](C)N1CCOc2c(O)cc(-c3nc4ccccc4s3)cc2C1. The number of carbonyl (C=O) groups excluding carboxylic acids is 1. The number of likely N-dealkylation sites (N-methyl/N-ethyl adjacent to an activating group) is 1. The second kappa shape index (κ2) is 7.17. The Morgan fingerprint density at radius 2 is 2.19 bits per heavy atom. The number of aromatic nitrogens is 1. The van der Waals surface area contributed by atoms with E-state index in [4.69, 9.17) is 4.74 Å². The summed E-state index contributed by atoms with van der Waals surface area (Å²) in [4.78, 5) is 18.8. The van der Waals surface area contributed by atoms with Gasteiger partial charge in [0.25, 0.3) is 0 Å². The molecular formula is C20H21N3O3S. The molecule has 0 fully saturated rings. The zero-order valence-corrected chi connectivity index (χ0v) is 16.0. The lowest BCUT2D eigenvalue weighted by Gasteiger charge is -2.25. The van der Waals surface area contributed by atoms with Crippen LogP contribution in [0.4, 0.5) is 0 Å². The highest BCUT2D eigenvalue weighted by Crippen LogP contribution is 2.39. The summed E-state index contributed by atoms with van der Waals surface area (Å²) < 4.78 is 6.89. The van der Waals surface area contributed by atoms with Crippen molar-refractivity contribution in [2.45, 2.75) is 19.5 Å². The summed E-state index contributed by atoms with van der Waals surface area (Å²) in [5.41, 5.74) is 2.65. The van der Waals surface area contributed by atoms with Crippen LogP contribution in [0.1, 0.15) is 12.5 Å². The Bertz CT molecular complexity index is 968. The quantitative estimate of drug-likeness (QED) is 0.727. The van der Waals surface area contributed by atoms with Crippen LogP contribution in [0.2, 0.25) is 0 Å². The van der Waals surface area contributed by atoms with Gasteiger partial charge in [-0.05, 0) is 31.2 Å². The van der Waals surface area contributed by atoms with Crippen LogP contribution in [-0.4, -0.2) is 47.1 Å². The maximum atomic E-state index is 12.0. The fourth-order valence-corrected chi connectivity index (χ4v) is 4.30. The highest BCUT2D eigenvalue weighted by Gasteiger charge is 2.26. The third kappa shape index (κ3) is 3.36. The van der Waals surface area contributed by atoms with Crippen LogP contribution in [0, 0.1) is 0 Å². The van der Waals surface area contributed by atoms with Crippen molar-refractivity contribution in [1.82, 2.24) is 15.2 Å². The Kier molecular flexibility index (Phi) is 4.72. The summed E-state index contributed by atoms with van der Waals surface area (Å²) in [7, 11) is 1.64. The number of fused-ring (bicyclic) bond motifs is 2. The second-order valence-electron chi connectivity index (χ2n) is 6.58. The summed E-state index contributed by atoms with van der Waals surface area (Å²) in [6, 6.07) is 11.4. The molecule has 0 unspecified atom stereocenters. The van der Waals surface area contributed by atoms with Crippen LogP contribution >= 0.6 is 11.3 Å². The first-order valence-electron chi connectivity index (χ1n) is 8.87. The summed E-state index contributed by atoms with van der Waals surface area (Å²) in [5, 5.41) is 14.1. The number of para-hydroxylation sites is 1. The number of amides is 1. The van der Waals surface area contributed by atoms with E-state index in [0.29, 0.717) is 25.4 Å². The molecule has 4 rings (SSSR count). The minimum absolute atomic E-state index is 0.0370. The molecule has 0 saturated carbocycles. The molecule has 27 heavy (non-hydrogen) atoms. The van der Waals surface area contributed by atoms with Crippen LogP contribution < -0.4 is 10.1 Å². The topological polar surface area (TPSA) is 74.7 Å². The highest BCUT2D eigenvalue weighted by atomic mass is 32.1. The van der Waals surface area contributed by atoms with Crippen LogP contribution in [-0.2, 0) is 11.3 Å². The van der Waals surface area contributed by atoms with Gasteiger partial charge in [0.2, 0.25) is 5.91 Å². The van der Waals surface area contributed by atoms with E-state index in [1.807, 2.05) is 42.2 Å². The fraction of sp³-hybridized carbons (Fsp3) is 0.300. The molecule has 2 aromatic carbocycles. The van der Waals surface area contributed by atoms with Gasteiger partial charge in [0, 0.05) is 31.3 Å². The summed E-state index contributed by atoms with van der Waals surface area (Å²) in [5.74, 6) is 0.563. The van der Waals surface area contributed by atoms with Crippen molar-refractivity contribution in [2.24, 2.45) is 0 Å². The van der Waals surface area contributed by atoms with Crippen molar-refractivity contribution in [3.05, 3.63) is 42.0 Å². The molecule has 0 radical (unpaired) electrons. The van der Waals surface area contributed by atoms with Gasteiger partial charge in [-0.1, -0.05) is 12.1 Å². The molecule has 0 aliphatic carbocycles. The van der Waals surface area contributed by atoms with Gasteiger partial charge in [-0.3, -0.25) is 9.69 Å². The number of aromatic hydroxyl groups is 1. The Labute approximate surface area is 161 Å². The first-order valence-corrected chi connectivity index (χ1v) is 9.68. The van der Waals surface area contributed by atoms with Crippen LogP contribution in [0.3, 0.4) is 0 Å². The number of hydrogen-bond acceptors (Lipinski definition) is 6. The van der Waals surface area contributed by atoms with E-state index in [1.54, 1.807) is 24.5 Å². The van der Waals surface area contributed by atoms with Crippen molar-refractivity contribution in [3.8, 4) is 22.1 Å². The monoisotopic (exact) mass is 383 g/mol. The van der Waals surface area contributed by atoms with E-state index in [1.165, 1.54) is 0 Å². The second-order valence-corrected chi connectivity index (χ2v) is 7.61. The lowest BCUT2D eigenvalue weighted by Crippen LogP contribution is -2.44. The molecule has 2 heterocycles. The molecule has 0 saturated heterocycles. The Balaban J connectivity index is 1.72. The van der Waals surface area contributed by atoms with E-state index >= 15 is 0 Å². The van der Waals surface area contributed by atoms with Crippen LogP contribution in [0.15, 0.2) is 36.4 Å². The zero-order valence-electron chi connectivity index (χ0n) is 15.2. The van der Waals surface area contributed by atoms with Crippen molar-refractivity contribution in [3.63, 3.8) is 0 Å². The van der Waals surface area contributed by atoms with Gasteiger partial charge < -0.3 is 15.2 Å². The minimum atomic E-state index is -0.280. The molecule has 0 bridgehead atoms. The van der Waals surface area contributed by atoms with Gasteiger partial charge >= 0.3 is 0 Å². The number of rotatable bonds is 3. The van der Waals surface area contributed by atoms with E-state index < -0.39 is 0 Å². The molecule has 1 aliphatic heterocycles. The van der Waals surface area contributed by atoms with Crippen molar-refractivity contribution < 1.29 is 14.6 Å². The van der Waals surface area contributed by atoms with Crippen molar-refractivity contribution >= 4 is 27.5 Å². The van der Waals surface area contributed by atoms with Crippen molar-refractivity contribution in [1.29, 1.82) is 0 Å². The lowest BCUT2D eigenvalue weighted by molar-refractivity contribution is -0.125. The van der Waals surface area contributed by atoms with E-state index in [0.717, 1.165) is 26.4 Å². The molecule has 1 aliphatic rings. The van der Waals surface area contributed by atoms with Gasteiger partial charge in [0.15, 0.2) is 11.5 Å². The minimum Gasteiger partial charge on any atom is -0.504 e. The summed E-state index contributed by atoms with van der Waals surface area (Å²) >= 11 is 1.59. The van der Waals surface area contributed by atoms with Crippen LogP contribution in [0.25, 0.3) is 20.8 Å². The van der Waals surface area contributed by atoms with Gasteiger partial charge in [-0.25, -0.2) is 4.98 Å². The average Bonchev–Trinajstić information content (AvgIpc) is 2.99. The Morgan fingerprint density at radius 3 is 2.96 bits per heavy atom. The van der Waals surface area contributed by atoms with Crippen molar-refractivity contribution in [2.75, 3.05) is 20.2 Å². The number of nitrogens with zero attached hydrogens (tertiary/aromatic N) is 2. The molecule has 3 aromatic rings. The molecular weight excluding hydrogens is 362 g/mol. The first-order chi connectivity index (χ1) is 13.1. The van der Waals surface area contributed by atoms with Gasteiger partial charge in [-0.15, -0.1) is 11.3 Å². The standard InChI is InChI=1S/C20H21N3O3S/c1-12(19(25)21-2)23-7-8-26-18-14(11-23)9-13(10-16(18)24)20-22-15-5-3-4-6-17(15)27-20/h3-6,9-10,12,24H,7-8,11H2,1-2H3,(H,21,25)/t12-/m1/s1. The zero-order chi connectivity index (χ0) is 19.0. The average molecular weight is 383 g/mol. The van der Waals surface area contributed by atoms with Gasteiger partial charge in [0.05, 0.1) is 16.3 Å². The normalized spacial score (nSPS) is 15.6. The maximum Gasteiger partial charge on any atom is 0.236 e. The smallest absolute Gasteiger partial charge is 0.236 e. The number of hydrogen-bond donors (Lipinski definition) is 2. The number of nitrogens with one attached hydrogen (secondary N) is 1. The van der Waals surface area contributed by atoms with Crippen LogP contribution in [0.5, 0.6) is 11.5 Å². The largest absolute Gasteiger partial charge is 0.504 e.